The van der Waals surface area contributed by atoms with E-state index in [1.165, 1.54) is 23.4 Å². The molecule has 3 aromatic rings. The molecule has 0 saturated carbocycles. The zero-order chi connectivity index (χ0) is 22.1. The highest BCUT2D eigenvalue weighted by molar-refractivity contribution is 6.22. The first-order chi connectivity index (χ1) is 14.8. The fourth-order valence-electron chi connectivity index (χ4n) is 3.38. The van der Waals surface area contributed by atoms with Crippen molar-refractivity contribution in [1.29, 1.82) is 0 Å². The summed E-state index contributed by atoms with van der Waals surface area (Å²) in [7, 11) is 0. The first-order valence-corrected chi connectivity index (χ1v) is 9.82. The summed E-state index contributed by atoms with van der Waals surface area (Å²) in [4.78, 5) is 47.0. The number of aryl methyl sites for hydroxylation is 1. The second-order valence-electron chi connectivity index (χ2n) is 7.54. The second-order valence-corrected chi connectivity index (χ2v) is 7.54. The molecular weight excluding hydrogens is 394 g/mol. The van der Waals surface area contributed by atoms with Crippen LogP contribution in [0.15, 0.2) is 54.9 Å². The molecule has 8 heteroatoms. The summed E-state index contributed by atoms with van der Waals surface area (Å²) in [6.45, 7) is 5.44. The number of carbonyl (C=O) groups is 3. The van der Waals surface area contributed by atoms with Crippen LogP contribution in [0.1, 0.15) is 50.6 Å². The van der Waals surface area contributed by atoms with Crippen molar-refractivity contribution in [2.24, 2.45) is 0 Å². The van der Waals surface area contributed by atoms with Crippen molar-refractivity contribution >= 4 is 34.9 Å². The molecule has 2 N–H and O–H groups in total. The molecule has 1 aliphatic heterocycles. The number of carbonyl (C=O) groups excluding carboxylic acids is 3. The number of anilines is 3. The lowest BCUT2D eigenvalue weighted by Gasteiger charge is -2.17. The van der Waals surface area contributed by atoms with Gasteiger partial charge in [-0.2, -0.15) is 0 Å². The number of amides is 3. The number of imide groups is 1. The number of rotatable bonds is 5. The Balaban J connectivity index is 1.47. The summed E-state index contributed by atoms with van der Waals surface area (Å²) in [6, 6.07) is 13.3. The molecule has 1 aromatic heterocycles. The highest BCUT2D eigenvalue weighted by atomic mass is 16.2. The van der Waals surface area contributed by atoms with E-state index in [2.05, 4.69) is 20.6 Å². The molecule has 31 heavy (non-hydrogen) atoms. The third-order valence-electron chi connectivity index (χ3n) is 4.92. The van der Waals surface area contributed by atoms with Crippen molar-refractivity contribution in [3.8, 4) is 0 Å². The summed E-state index contributed by atoms with van der Waals surface area (Å²) in [5, 5.41) is 5.98. The monoisotopic (exact) mass is 415 g/mol. The fraction of sp³-hybridized carbons (Fsp3) is 0.174. The fourth-order valence-corrected chi connectivity index (χ4v) is 3.38. The molecule has 0 atom stereocenters. The van der Waals surface area contributed by atoms with Gasteiger partial charge in [-0.15, -0.1) is 0 Å². The topological polar surface area (TPSA) is 104 Å². The minimum absolute atomic E-state index is 0.247. The maximum Gasteiger partial charge on any atom is 0.261 e. The molecule has 3 amide bonds. The van der Waals surface area contributed by atoms with E-state index in [4.69, 9.17) is 0 Å². The van der Waals surface area contributed by atoms with Crippen LogP contribution in [0.2, 0.25) is 0 Å². The molecule has 1 aliphatic rings. The number of benzene rings is 2. The van der Waals surface area contributed by atoms with Gasteiger partial charge in [-0.05, 0) is 63.2 Å². The van der Waals surface area contributed by atoms with Gasteiger partial charge in [0.1, 0.15) is 12.1 Å². The number of nitrogens with zero attached hydrogens (tertiary/aromatic N) is 3. The minimum Gasteiger partial charge on any atom is -0.340 e. The predicted octanol–water partition coefficient (Wildman–Crippen LogP) is 3.79. The van der Waals surface area contributed by atoms with Crippen LogP contribution in [0, 0.1) is 6.92 Å². The maximum atomic E-state index is 12.7. The minimum atomic E-state index is -0.375. The quantitative estimate of drug-likeness (QED) is 0.615. The third kappa shape index (κ3) is 4.00. The van der Waals surface area contributed by atoms with Crippen LogP contribution in [0.25, 0.3) is 0 Å². The summed E-state index contributed by atoms with van der Waals surface area (Å²) in [5.41, 5.74) is 3.15. The molecule has 8 nitrogen and oxygen atoms in total. The average Bonchev–Trinajstić information content (AvgIpc) is 2.99. The van der Waals surface area contributed by atoms with Gasteiger partial charge in [0.05, 0.1) is 11.1 Å². The van der Waals surface area contributed by atoms with E-state index >= 15 is 0 Å². The molecule has 156 valence electrons. The van der Waals surface area contributed by atoms with Crippen LogP contribution in [-0.2, 0) is 0 Å². The molecule has 0 radical (unpaired) electrons. The van der Waals surface area contributed by atoms with Crippen molar-refractivity contribution in [3.63, 3.8) is 0 Å². The van der Waals surface area contributed by atoms with Crippen LogP contribution in [0.3, 0.4) is 0 Å². The maximum absolute atomic E-state index is 12.7. The number of fused-ring (bicyclic) bond motifs is 1. The lowest BCUT2D eigenvalue weighted by Crippen LogP contribution is -2.35. The summed E-state index contributed by atoms with van der Waals surface area (Å²) in [6.07, 6.45) is 1.49. The summed E-state index contributed by atoms with van der Waals surface area (Å²) >= 11 is 0. The van der Waals surface area contributed by atoms with Crippen LogP contribution >= 0.6 is 0 Å². The Morgan fingerprint density at radius 3 is 2.26 bits per heavy atom. The van der Waals surface area contributed by atoms with Gasteiger partial charge in [0.25, 0.3) is 17.7 Å². The third-order valence-corrected chi connectivity index (χ3v) is 4.92. The van der Waals surface area contributed by atoms with E-state index in [-0.39, 0.29) is 29.3 Å². The highest BCUT2D eigenvalue weighted by Crippen LogP contribution is 2.26. The molecule has 2 heterocycles. The predicted molar refractivity (Wildman–Crippen MR) is 117 cm³/mol. The Morgan fingerprint density at radius 1 is 0.903 bits per heavy atom. The van der Waals surface area contributed by atoms with Crippen molar-refractivity contribution in [2.75, 3.05) is 10.6 Å². The number of nitrogens with one attached hydrogen (secondary N) is 2. The van der Waals surface area contributed by atoms with Crippen molar-refractivity contribution in [1.82, 2.24) is 14.9 Å². The van der Waals surface area contributed by atoms with E-state index in [1.807, 2.05) is 25.1 Å². The average molecular weight is 415 g/mol. The molecule has 0 aliphatic carbocycles. The Hall–Kier alpha value is -4.07. The lowest BCUT2D eigenvalue weighted by atomic mass is 10.1. The van der Waals surface area contributed by atoms with Gasteiger partial charge in [0.2, 0.25) is 0 Å². The van der Waals surface area contributed by atoms with Gasteiger partial charge in [-0.3, -0.25) is 19.3 Å². The smallest absolute Gasteiger partial charge is 0.261 e. The summed E-state index contributed by atoms with van der Waals surface area (Å²) in [5.74, 6) is -0.390. The molecule has 0 spiro atoms. The van der Waals surface area contributed by atoms with Crippen LogP contribution in [-0.4, -0.2) is 38.6 Å². The van der Waals surface area contributed by atoms with Crippen LogP contribution < -0.4 is 10.6 Å². The first-order valence-electron chi connectivity index (χ1n) is 9.82. The van der Waals surface area contributed by atoms with Crippen LogP contribution in [0.4, 0.5) is 17.2 Å². The van der Waals surface area contributed by atoms with Crippen molar-refractivity contribution < 1.29 is 14.4 Å². The van der Waals surface area contributed by atoms with E-state index in [9.17, 15) is 14.4 Å². The molecule has 0 saturated heterocycles. The molecule has 0 bridgehead atoms. The van der Waals surface area contributed by atoms with E-state index < -0.39 is 0 Å². The SMILES string of the molecule is Cc1cc(Nc2ccc(NC(=O)c3ccc4c(c3)C(=O)N(C(C)C)C4=O)cc2)ncn1. The largest absolute Gasteiger partial charge is 0.340 e. The number of hydrogen-bond acceptors (Lipinski definition) is 6. The number of aromatic nitrogens is 2. The van der Waals surface area contributed by atoms with Gasteiger partial charge in [0, 0.05) is 34.7 Å². The van der Waals surface area contributed by atoms with E-state index in [0.717, 1.165) is 11.4 Å². The molecule has 2 aromatic carbocycles. The Morgan fingerprint density at radius 2 is 1.58 bits per heavy atom. The standard InChI is InChI=1S/C23H21N5O3/c1-13(2)28-22(30)18-9-4-15(11-19(18)23(28)31)21(29)27-17-7-5-16(6-8-17)26-20-10-14(3)24-12-25-20/h4-13H,1-3H3,(H,27,29)(H,24,25,26). The van der Waals surface area contributed by atoms with Gasteiger partial charge >= 0.3 is 0 Å². The Bertz CT molecular complexity index is 1190. The van der Waals surface area contributed by atoms with Gasteiger partial charge in [-0.25, -0.2) is 9.97 Å². The van der Waals surface area contributed by atoms with Gasteiger partial charge < -0.3 is 10.6 Å². The molecule has 0 unspecified atom stereocenters. The number of hydrogen-bond donors (Lipinski definition) is 2. The van der Waals surface area contributed by atoms with Gasteiger partial charge in [0.15, 0.2) is 0 Å². The van der Waals surface area contributed by atoms with Gasteiger partial charge in [-0.1, -0.05) is 0 Å². The van der Waals surface area contributed by atoms with Crippen molar-refractivity contribution in [3.05, 3.63) is 77.2 Å². The zero-order valence-corrected chi connectivity index (χ0v) is 17.3. The highest BCUT2D eigenvalue weighted by Gasteiger charge is 2.37. The van der Waals surface area contributed by atoms with E-state index in [0.29, 0.717) is 22.6 Å². The van der Waals surface area contributed by atoms with E-state index in [1.54, 1.807) is 32.0 Å². The summed E-state index contributed by atoms with van der Waals surface area (Å²) < 4.78 is 0. The Kier molecular flexibility index (Phi) is 5.21. The second kappa shape index (κ2) is 7.98. The van der Waals surface area contributed by atoms with Crippen LogP contribution in [0.5, 0.6) is 0 Å². The molecular formula is C23H21N5O3. The normalized spacial score (nSPS) is 12.8. The molecule has 0 fully saturated rings. The zero-order valence-electron chi connectivity index (χ0n) is 17.3. The lowest BCUT2D eigenvalue weighted by molar-refractivity contribution is 0.0609. The molecule has 4 rings (SSSR count). The Labute approximate surface area is 179 Å². The first kappa shape index (κ1) is 20.2. The van der Waals surface area contributed by atoms with Crippen molar-refractivity contribution in [2.45, 2.75) is 26.8 Å².